The Kier molecular flexibility index (Phi) is 8.89. The molecule has 0 bridgehead atoms. The fourth-order valence-corrected chi connectivity index (χ4v) is 6.69. The normalized spacial score (nSPS) is 24.6. The minimum absolute atomic E-state index is 0.0328. The van der Waals surface area contributed by atoms with Gasteiger partial charge in [-0.05, 0) is 42.5 Å². The second-order valence-electron chi connectivity index (χ2n) is 12.4. The Labute approximate surface area is 260 Å². The number of aromatic nitrogens is 2. The number of piperidine rings is 1. The predicted molar refractivity (Wildman–Crippen MR) is 163 cm³/mol. The van der Waals surface area contributed by atoms with Gasteiger partial charge in [0.05, 0.1) is 24.9 Å². The van der Waals surface area contributed by atoms with Crippen molar-refractivity contribution in [1.29, 1.82) is 0 Å². The number of likely N-dealkylation sites (tertiary alicyclic amines) is 1. The van der Waals surface area contributed by atoms with Gasteiger partial charge in [0.25, 0.3) is 5.56 Å². The van der Waals surface area contributed by atoms with Gasteiger partial charge in [0.15, 0.2) is 5.69 Å². The number of halogens is 2. The molecule has 3 fully saturated rings. The summed E-state index contributed by atoms with van der Waals surface area (Å²) in [5.41, 5.74) is 5.80. The number of nitrogens with one attached hydrogen (secondary N) is 1. The smallest absolute Gasteiger partial charge is 0.280 e. The Morgan fingerprint density at radius 1 is 1.11 bits per heavy atom. The summed E-state index contributed by atoms with van der Waals surface area (Å²) in [6, 6.07) is 16.4. The molecule has 6 rings (SSSR count). The van der Waals surface area contributed by atoms with Crippen LogP contribution in [0, 0.1) is 5.92 Å². The van der Waals surface area contributed by atoms with Crippen molar-refractivity contribution in [2.24, 2.45) is 5.92 Å². The summed E-state index contributed by atoms with van der Waals surface area (Å²) in [7, 11) is 0. The van der Waals surface area contributed by atoms with Crippen LogP contribution in [0.25, 0.3) is 0 Å². The molecule has 1 amide bonds. The van der Waals surface area contributed by atoms with Gasteiger partial charge in [-0.1, -0.05) is 42.5 Å². The number of alkyl halides is 2. The zero-order valence-electron chi connectivity index (χ0n) is 25.0. The van der Waals surface area contributed by atoms with Gasteiger partial charge in [-0.3, -0.25) is 14.2 Å². The lowest BCUT2D eigenvalue weighted by atomic mass is 9.73. The van der Waals surface area contributed by atoms with E-state index in [1.54, 1.807) is 35.2 Å². The zero-order valence-corrected chi connectivity index (χ0v) is 25.0. The number of hydrogen-bond acceptors (Lipinski definition) is 8. The first-order valence-electron chi connectivity index (χ1n) is 15.5. The summed E-state index contributed by atoms with van der Waals surface area (Å²) >= 11 is 0. The second kappa shape index (κ2) is 12.9. The maximum absolute atomic E-state index is 14.4. The van der Waals surface area contributed by atoms with Crippen molar-refractivity contribution in [1.82, 2.24) is 19.8 Å². The Bertz CT molecular complexity index is 1550. The molecule has 45 heavy (non-hydrogen) atoms. The largest absolute Gasteiger partial charge is 0.437 e. The molecule has 4 N–H and O–H groups in total. The van der Waals surface area contributed by atoms with Crippen LogP contribution < -0.4 is 21.3 Å². The molecule has 3 aliphatic rings. The molecular formula is C33H39F2N5O5. The lowest BCUT2D eigenvalue weighted by Crippen LogP contribution is -2.52. The molecule has 1 aromatic heterocycles. The molecule has 1 aliphatic carbocycles. The van der Waals surface area contributed by atoms with Crippen LogP contribution in [0.5, 0.6) is 11.6 Å². The van der Waals surface area contributed by atoms with Crippen LogP contribution >= 0.6 is 0 Å². The van der Waals surface area contributed by atoms with Gasteiger partial charge in [0.1, 0.15) is 12.1 Å². The highest BCUT2D eigenvalue weighted by molar-refractivity contribution is 5.80. The Hall–Kier alpha value is -3.87. The number of carbonyl (C=O) groups excluding carboxylic acids is 1. The Morgan fingerprint density at radius 3 is 2.60 bits per heavy atom. The fraction of sp³-hybridized carbons (Fsp3) is 0.485. The molecule has 3 atom stereocenters. The van der Waals surface area contributed by atoms with E-state index in [0.29, 0.717) is 18.9 Å². The average molecular weight is 624 g/mol. The molecule has 2 saturated heterocycles. The summed E-state index contributed by atoms with van der Waals surface area (Å²) in [5.74, 6) is -3.67. The highest BCUT2D eigenvalue weighted by atomic mass is 19.3. The van der Waals surface area contributed by atoms with Crippen molar-refractivity contribution < 1.29 is 28.2 Å². The standard InChI is InChI=1S/C33H39F2N5O5/c34-33(35)10-9-25(26(18-33)22-5-2-1-3-6-22)30(41)39-14-11-32(43,12-15-39)20-40-21-38-29(28(36)31(40)42)45-24-8-4-7-23(17-24)27-19-37-13-16-44-27/h1-8,17,21,25-27,37,43H,9-16,18-20,36H2/t25-,26+,27?/m1/s1. The number of hydrogen-bond donors (Lipinski definition) is 3. The third-order valence-electron chi connectivity index (χ3n) is 9.25. The van der Waals surface area contributed by atoms with Crippen molar-refractivity contribution in [2.45, 2.75) is 62.2 Å². The molecular weight excluding hydrogens is 584 g/mol. The van der Waals surface area contributed by atoms with Gasteiger partial charge in [-0.15, -0.1) is 0 Å². The molecule has 12 heteroatoms. The molecule has 3 heterocycles. The molecule has 3 aromatic rings. The van der Waals surface area contributed by atoms with E-state index in [9.17, 15) is 23.5 Å². The SMILES string of the molecule is Nc1c(Oc2cccc(C3CNCCO3)c2)ncn(CC2(O)CCN(C(=O)[C@@H]3CCC(F)(F)C[C@H]3c3ccccc3)CC2)c1=O. The van der Waals surface area contributed by atoms with E-state index >= 15 is 0 Å². The van der Waals surface area contributed by atoms with Crippen molar-refractivity contribution in [3.05, 3.63) is 82.4 Å². The highest BCUT2D eigenvalue weighted by Gasteiger charge is 2.46. The monoisotopic (exact) mass is 623 g/mol. The lowest BCUT2D eigenvalue weighted by Gasteiger charge is -2.42. The van der Waals surface area contributed by atoms with Crippen LogP contribution in [0.3, 0.4) is 0 Å². The summed E-state index contributed by atoms with van der Waals surface area (Å²) < 4.78 is 41.7. The van der Waals surface area contributed by atoms with Gasteiger partial charge < -0.3 is 30.5 Å². The first kappa shape index (κ1) is 31.1. The van der Waals surface area contributed by atoms with Crippen LogP contribution in [-0.2, 0) is 16.1 Å². The number of rotatable bonds is 7. The van der Waals surface area contributed by atoms with Gasteiger partial charge in [-0.2, -0.15) is 0 Å². The number of nitrogen functional groups attached to an aromatic ring is 1. The third kappa shape index (κ3) is 7.03. The number of nitrogens with two attached hydrogens (primary N) is 1. The van der Waals surface area contributed by atoms with Crippen LogP contribution in [0.4, 0.5) is 14.5 Å². The van der Waals surface area contributed by atoms with Gasteiger partial charge in [-0.25, -0.2) is 13.8 Å². The number of benzene rings is 2. The fourth-order valence-electron chi connectivity index (χ4n) is 6.69. The van der Waals surface area contributed by atoms with Gasteiger partial charge in [0, 0.05) is 50.9 Å². The molecule has 0 spiro atoms. The molecule has 1 saturated carbocycles. The third-order valence-corrected chi connectivity index (χ3v) is 9.25. The minimum atomic E-state index is -2.81. The number of amides is 1. The van der Waals surface area contributed by atoms with E-state index in [1.807, 2.05) is 24.3 Å². The molecule has 10 nitrogen and oxygen atoms in total. The number of anilines is 1. The van der Waals surface area contributed by atoms with E-state index < -0.39 is 28.9 Å². The number of nitrogens with zero attached hydrogens (tertiary/aromatic N) is 3. The summed E-state index contributed by atoms with van der Waals surface area (Å²) in [5, 5.41) is 14.7. The highest BCUT2D eigenvalue weighted by Crippen LogP contribution is 2.46. The molecule has 1 unspecified atom stereocenters. The van der Waals surface area contributed by atoms with Crippen molar-refractivity contribution >= 4 is 11.6 Å². The Morgan fingerprint density at radius 2 is 1.87 bits per heavy atom. The van der Waals surface area contributed by atoms with E-state index in [1.165, 1.54) is 10.9 Å². The summed E-state index contributed by atoms with van der Waals surface area (Å²) in [4.78, 5) is 32.7. The van der Waals surface area contributed by atoms with Gasteiger partial charge >= 0.3 is 0 Å². The molecule has 2 aliphatic heterocycles. The predicted octanol–water partition coefficient (Wildman–Crippen LogP) is 3.85. The van der Waals surface area contributed by atoms with E-state index in [4.69, 9.17) is 15.2 Å². The van der Waals surface area contributed by atoms with Gasteiger partial charge in [0.2, 0.25) is 17.7 Å². The maximum atomic E-state index is 14.4. The Balaban J connectivity index is 1.09. The van der Waals surface area contributed by atoms with Crippen LogP contribution in [-0.4, -0.2) is 69.8 Å². The van der Waals surface area contributed by atoms with E-state index in [-0.39, 0.29) is 75.3 Å². The van der Waals surface area contributed by atoms with Crippen molar-refractivity contribution in [3.63, 3.8) is 0 Å². The number of aliphatic hydroxyl groups is 1. The van der Waals surface area contributed by atoms with Crippen LogP contribution in [0.15, 0.2) is 65.7 Å². The summed E-state index contributed by atoms with van der Waals surface area (Å²) in [6.07, 6.45) is 1.05. The van der Waals surface area contributed by atoms with E-state index in [0.717, 1.165) is 17.7 Å². The first-order valence-corrected chi connectivity index (χ1v) is 15.5. The minimum Gasteiger partial charge on any atom is -0.437 e. The van der Waals surface area contributed by atoms with E-state index in [2.05, 4.69) is 10.3 Å². The summed E-state index contributed by atoms with van der Waals surface area (Å²) in [6.45, 7) is 2.53. The second-order valence-corrected chi connectivity index (χ2v) is 12.4. The number of carbonyl (C=O) groups is 1. The van der Waals surface area contributed by atoms with Crippen molar-refractivity contribution in [2.75, 3.05) is 38.5 Å². The molecule has 0 radical (unpaired) electrons. The van der Waals surface area contributed by atoms with Crippen LogP contribution in [0.2, 0.25) is 0 Å². The zero-order chi connectivity index (χ0) is 31.6. The number of morpholine rings is 1. The topological polar surface area (TPSA) is 132 Å². The first-order chi connectivity index (χ1) is 21.6. The van der Waals surface area contributed by atoms with Crippen molar-refractivity contribution in [3.8, 4) is 11.6 Å². The average Bonchev–Trinajstić information content (AvgIpc) is 3.05. The number of ether oxygens (including phenoxy) is 2. The molecule has 2 aromatic carbocycles. The van der Waals surface area contributed by atoms with Crippen LogP contribution in [0.1, 0.15) is 55.3 Å². The molecule has 240 valence electrons. The lowest BCUT2D eigenvalue weighted by molar-refractivity contribution is -0.145. The quantitative estimate of drug-likeness (QED) is 0.362. The maximum Gasteiger partial charge on any atom is 0.280 e.